The van der Waals surface area contributed by atoms with Crippen LogP contribution in [0, 0.1) is 5.92 Å². The van der Waals surface area contributed by atoms with Crippen LogP contribution in [0.5, 0.6) is 0 Å². The fraction of sp³-hybridized carbons (Fsp3) is 0.615. The number of rotatable bonds is 5. The second kappa shape index (κ2) is 6.24. The number of sulfonamides is 1. The third-order valence-electron chi connectivity index (χ3n) is 3.66. The molecule has 0 unspecified atom stereocenters. The standard InChI is InChI=1S/C13H19NO4S2/c1-2-3-10-6-8-14(9-7-10)20(17,18)12-5-4-11(19-12)13(15)16/h4-5,10H,2-3,6-9H2,1H3,(H,15,16). The number of aromatic carboxylic acids is 1. The van der Waals surface area contributed by atoms with Gasteiger partial charge in [0.15, 0.2) is 0 Å². The molecule has 1 saturated heterocycles. The van der Waals surface area contributed by atoms with Gasteiger partial charge in [0.2, 0.25) is 0 Å². The first-order valence-corrected chi connectivity index (χ1v) is 9.04. The monoisotopic (exact) mass is 317 g/mol. The van der Waals surface area contributed by atoms with Crippen LogP contribution in [0.3, 0.4) is 0 Å². The average molecular weight is 317 g/mol. The molecule has 2 rings (SSSR count). The van der Waals surface area contributed by atoms with Gasteiger partial charge in [0, 0.05) is 13.1 Å². The van der Waals surface area contributed by atoms with Crippen molar-refractivity contribution in [2.75, 3.05) is 13.1 Å². The first-order chi connectivity index (χ1) is 9.45. The highest BCUT2D eigenvalue weighted by atomic mass is 32.2. The molecular weight excluding hydrogens is 298 g/mol. The van der Waals surface area contributed by atoms with Gasteiger partial charge in [-0.25, -0.2) is 13.2 Å². The summed E-state index contributed by atoms with van der Waals surface area (Å²) in [5.41, 5.74) is 0. The van der Waals surface area contributed by atoms with Gasteiger partial charge in [0.25, 0.3) is 10.0 Å². The first kappa shape index (κ1) is 15.5. The quantitative estimate of drug-likeness (QED) is 0.906. The Morgan fingerprint density at radius 2 is 2.05 bits per heavy atom. The van der Waals surface area contributed by atoms with Crippen molar-refractivity contribution in [3.8, 4) is 0 Å². The summed E-state index contributed by atoms with van der Waals surface area (Å²) in [4.78, 5) is 10.9. The van der Waals surface area contributed by atoms with E-state index >= 15 is 0 Å². The van der Waals surface area contributed by atoms with Crippen LogP contribution in [0.4, 0.5) is 0 Å². The lowest BCUT2D eigenvalue weighted by atomic mass is 9.94. The van der Waals surface area contributed by atoms with E-state index in [0.29, 0.717) is 19.0 Å². The number of thiophene rings is 1. The van der Waals surface area contributed by atoms with Gasteiger partial charge in [-0.1, -0.05) is 19.8 Å². The molecule has 2 heterocycles. The molecule has 0 radical (unpaired) electrons. The molecule has 0 spiro atoms. The smallest absolute Gasteiger partial charge is 0.345 e. The maximum absolute atomic E-state index is 12.4. The van der Waals surface area contributed by atoms with Gasteiger partial charge in [-0.15, -0.1) is 11.3 Å². The summed E-state index contributed by atoms with van der Waals surface area (Å²) in [5, 5.41) is 8.87. The van der Waals surface area contributed by atoms with E-state index in [-0.39, 0.29) is 9.09 Å². The minimum atomic E-state index is -3.52. The van der Waals surface area contributed by atoms with Crippen molar-refractivity contribution >= 4 is 27.3 Å². The second-order valence-corrected chi connectivity index (χ2v) is 8.31. The summed E-state index contributed by atoms with van der Waals surface area (Å²) in [6, 6.07) is 2.74. The van der Waals surface area contributed by atoms with Crippen molar-refractivity contribution in [2.24, 2.45) is 5.92 Å². The largest absolute Gasteiger partial charge is 0.477 e. The van der Waals surface area contributed by atoms with Crippen molar-refractivity contribution < 1.29 is 18.3 Å². The highest BCUT2D eigenvalue weighted by Crippen LogP contribution is 2.29. The molecule has 112 valence electrons. The third-order valence-corrected chi connectivity index (χ3v) is 7.10. The molecule has 1 N–H and O–H groups in total. The van der Waals surface area contributed by atoms with E-state index in [1.807, 2.05) is 0 Å². The SMILES string of the molecule is CCCC1CCN(S(=O)(=O)c2ccc(C(=O)O)s2)CC1. The summed E-state index contributed by atoms with van der Waals surface area (Å²) < 4.78 is 26.5. The number of hydrogen-bond donors (Lipinski definition) is 1. The predicted molar refractivity (Wildman–Crippen MR) is 77.7 cm³/mol. The predicted octanol–water partition coefficient (Wildman–Crippen LogP) is 2.65. The molecule has 1 fully saturated rings. The Labute approximate surface area is 123 Å². The van der Waals surface area contributed by atoms with Crippen molar-refractivity contribution in [2.45, 2.75) is 36.8 Å². The average Bonchev–Trinajstić information content (AvgIpc) is 2.90. The molecule has 1 aromatic rings. The van der Waals surface area contributed by atoms with Gasteiger partial charge >= 0.3 is 5.97 Å². The highest BCUT2D eigenvalue weighted by molar-refractivity contribution is 7.91. The summed E-state index contributed by atoms with van der Waals surface area (Å²) >= 11 is 0.823. The number of carbonyl (C=O) groups is 1. The van der Waals surface area contributed by atoms with Crippen LogP contribution in [0.2, 0.25) is 0 Å². The number of hydrogen-bond acceptors (Lipinski definition) is 4. The van der Waals surface area contributed by atoms with Crippen LogP contribution in [-0.4, -0.2) is 36.9 Å². The van der Waals surface area contributed by atoms with E-state index in [1.54, 1.807) is 0 Å². The summed E-state index contributed by atoms with van der Waals surface area (Å²) in [6.45, 7) is 3.21. The molecule has 20 heavy (non-hydrogen) atoms. The zero-order chi connectivity index (χ0) is 14.8. The summed E-state index contributed by atoms with van der Waals surface area (Å²) in [7, 11) is -3.52. The number of carboxylic acids is 1. The van der Waals surface area contributed by atoms with Gasteiger partial charge in [-0.3, -0.25) is 0 Å². The van der Waals surface area contributed by atoms with E-state index in [4.69, 9.17) is 5.11 Å². The topological polar surface area (TPSA) is 74.7 Å². The molecule has 0 amide bonds. The lowest BCUT2D eigenvalue weighted by Gasteiger charge is -2.30. The molecule has 1 aliphatic heterocycles. The summed E-state index contributed by atoms with van der Waals surface area (Å²) in [5.74, 6) is -0.470. The van der Waals surface area contributed by atoms with Crippen molar-refractivity contribution in [1.29, 1.82) is 0 Å². The van der Waals surface area contributed by atoms with E-state index in [9.17, 15) is 13.2 Å². The molecule has 0 aliphatic carbocycles. The maximum Gasteiger partial charge on any atom is 0.345 e. The van der Waals surface area contributed by atoms with Gasteiger partial charge in [-0.2, -0.15) is 4.31 Å². The molecule has 5 nitrogen and oxygen atoms in total. The Balaban J connectivity index is 2.09. The maximum atomic E-state index is 12.4. The molecule has 0 aromatic carbocycles. The number of piperidine rings is 1. The van der Waals surface area contributed by atoms with Gasteiger partial charge in [0.05, 0.1) is 0 Å². The zero-order valence-electron chi connectivity index (χ0n) is 11.4. The van der Waals surface area contributed by atoms with E-state index < -0.39 is 16.0 Å². The minimum Gasteiger partial charge on any atom is -0.477 e. The fourth-order valence-electron chi connectivity index (χ4n) is 2.55. The fourth-order valence-corrected chi connectivity index (χ4v) is 5.32. The number of nitrogens with zero attached hydrogens (tertiary/aromatic N) is 1. The van der Waals surface area contributed by atoms with Crippen LogP contribution in [0.1, 0.15) is 42.3 Å². The van der Waals surface area contributed by atoms with E-state index in [1.165, 1.54) is 16.4 Å². The molecule has 0 bridgehead atoms. The zero-order valence-corrected chi connectivity index (χ0v) is 13.0. The second-order valence-electron chi connectivity index (χ2n) is 5.06. The van der Waals surface area contributed by atoms with Crippen LogP contribution < -0.4 is 0 Å². The normalized spacial score (nSPS) is 18.2. The van der Waals surface area contributed by atoms with Gasteiger partial charge < -0.3 is 5.11 Å². The van der Waals surface area contributed by atoms with E-state index in [2.05, 4.69) is 6.92 Å². The minimum absolute atomic E-state index is 0.0597. The molecule has 1 aliphatic rings. The molecule has 1 aromatic heterocycles. The Kier molecular flexibility index (Phi) is 4.82. The van der Waals surface area contributed by atoms with Crippen LogP contribution in [0.25, 0.3) is 0 Å². The summed E-state index contributed by atoms with van der Waals surface area (Å²) in [6.07, 6.45) is 4.06. The Hall–Kier alpha value is -0.920. The first-order valence-electron chi connectivity index (χ1n) is 6.78. The highest BCUT2D eigenvalue weighted by Gasteiger charge is 2.30. The molecular formula is C13H19NO4S2. The van der Waals surface area contributed by atoms with Gasteiger partial charge in [-0.05, 0) is 30.9 Å². The van der Waals surface area contributed by atoms with Crippen molar-refractivity contribution in [3.63, 3.8) is 0 Å². The third kappa shape index (κ3) is 3.21. The number of carboxylic acid groups (broad SMARTS) is 1. The molecule has 7 heteroatoms. The lowest BCUT2D eigenvalue weighted by molar-refractivity contribution is 0.0702. The van der Waals surface area contributed by atoms with Crippen molar-refractivity contribution in [1.82, 2.24) is 4.31 Å². The van der Waals surface area contributed by atoms with Crippen LogP contribution >= 0.6 is 11.3 Å². The molecule has 0 atom stereocenters. The van der Waals surface area contributed by atoms with Crippen LogP contribution in [-0.2, 0) is 10.0 Å². The van der Waals surface area contributed by atoms with Gasteiger partial charge in [0.1, 0.15) is 9.09 Å². The Morgan fingerprint density at radius 1 is 1.40 bits per heavy atom. The Bertz CT molecular complexity index is 571. The van der Waals surface area contributed by atoms with E-state index in [0.717, 1.165) is 37.0 Å². The van der Waals surface area contributed by atoms with Crippen LogP contribution in [0.15, 0.2) is 16.3 Å². The molecule has 0 saturated carbocycles. The van der Waals surface area contributed by atoms with Crippen molar-refractivity contribution in [3.05, 3.63) is 17.0 Å². The lowest BCUT2D eigenvalue weighted by Crippen LogP contribution is -2.38. The Morgan fingerprint density at radius 3 is 2.55 bits per heavy atom.